The molecule has 0 aliphatic carbocycles. The molecule has 0 spiro atoms. The normalized spacial score (nSPS) is 11.1. The maximum absolute atomic E-state index is 11.9. The first-order chi connectivity index (χ1) is 14.8. The number of ether oxygens (including phenoxy) is 1. The monoisotopic (exact) mass is 418 g/mol. The number of thiophene rings is 1. The number of aryl methyl sites for hydroxylation is 4. The van der Waals surface area contributed by atoms with Gasteiger partial charge in [-0.2, -0.15) is 0 Å². The Morgan fingerprint density at radius 1 is 0.867 bits per heavy atom. The van der Waals surface area contributed by atoms with Gasteiger partial charge in [-0.15, -0.1) is 11.3 Å². The molecule has 0 unspecified atom stereocenters. The summed E-state index contributed by atoms with van der Waals surface area (Å²) in [6.45, 7) is 2.24. The van der Waals surface area contributed by atoms with Crippen LogP contribution in [-0.2, 0) is 35.2 Å². The molecule has 0 amide bonds. The molecule has 3 aromatic rings. The molecule has 0 N–H and O–H groups in total. The number of benzene rings is 2. The molecular weight excluding hydrogens is 388 g/mol. The van der Waals surface area contributed by atoms with Gasteiger partial charge < -0.3 is 4.74 Å². The van der Waals surface area contributed by atoms with Gasteiger partial charge >= 0.3 is 5.97 Å². The first-order valence-electron chi connectivity index (χ1n) is 10.8. The van der Waals surface area contributed by atoms with Crippen molar-refractivity contribution in [3.63, 3.8) is 0 Å². The zero-order valence-corrected chi connectivity index (χ0v) is 18.5. The fourth-order valence-corrected chi connectivity index (χ4v) is 4.72. The minimum Gasteiger partial charge on any atom is -0.463 e. The third-order valence-corrected chi connectivity index (χ3v) is 6.24. The van der Waals surface area contributed by atoms with Crippen LogP contribution in [0.15, 0.2) is 72.1 Å². The van der Waals surface area contributed by atoms with Crippen LogP contribution >= 0.6 is 11.3 Å². The molecule has 1 heterocycles. The van der Waals surface area contributed by atoms with Crippen LogP contribution in [-0.4, -0.2) is 12.6 Å². The fourth-order valence-electron chi connectivity index (χ4n) is 3.60. The minimum atomic E-state index is -0.269. The first-order valence-corrected chi connectivity index (χ1v) is 11.7. The number of carbonyl (C=O) groups is 1. The van der Waals surface area contributed by atoms with Crippen LogP contribution in [0.5, 0.6) is 0 Å². The Hall–Kier alpha value is -2.65. The van der Waals surface area contributed by atoms with E-state index in [-0.39, 0.29) is 5.97 Å². The summed E-state index contributed by atoms with van der Waals surface area (Å²) >= 11 is 1.82. The second-order valence-electron chi connectivity index (χ2n) is 7.36. The van der Waals surface area contributed by atoms with Gasteiger partial charge in [0.15, 0.2) is 0 Å². The topological polar surface area (TPSA) is 26.3 Å². The summed E-state index contributed by atoms with van der Waals surface area (Å²) in [5, 5.41) is 2.27. The van der Waals surface area contributed by atoms with E-state index in [1.165, 1.54) is 27.1 Å². The second-order valence-corrected chi connectivity index (χ2v) is 8.33. The SMILES string of the molecule is CCOC(=O)/C=C/c1c(CCCc2ccccc2)csc1CCCc1ccccc1. The smallest absolute Gasteiger partial charge is 0.330 e. The lowest BCUT2D eigenvalue weighted by molar-refractivity contribution is -0.137. The summed E-state index contributed by atoms with van der Waals surface area (Å²) in [6.07, 6.45) is 9.94. The van der Waals surface area contributed by atoms with Crippen LogP contribution < -0.4 is 0 Å². The third-order valence-electron chi connectivity index (χ3n) is 5.13. The minimum absolute atomic E-state index is 0.269. The molecule has 0 radical (unpaired) electrons. The van der Waals surface area contributed by atoms with E-state index in [4.69, 9.17) is 4.74 Å². The lowest BCUT2D eigenvalue weighted by atomic mass is 10.00. The summed E-state index contributed by atoms with van der Waals surface area (Å²) in [7, 11) is 0. The van der Waals surface area contributed by atoms with Crippen molar-refractivity contribution in [3.05, 3.63) is 99.3 Å². The molecule has 0 atom stereocenters. The summed E-state index contributed by atoms with van der Waals surface area (Å²) in [5.41, 5.74) is 5.31. The van der Waals surface area contributed by atoms with Gasteiger partial charge in [0.2, 0.25) is 0 Å². The van der Waals surface area contributed by atoms with Crippen molar-refractivity contribution >= 4 is 23.4 Å². The third kappa shape index (κ3) is 7.00. The number of hydrogen-bond donors (Lipinski definition) is 0. The van der Waals surface area contributed by atoms with Crippen LogP contribution in [0.25, 0.3) is 6.08 Å². The fraction of sp³-hybridized carbons (Fsp3) is 0.296. The van der Waals surface area contributed by atoms with Gasteiger partial charge in [0.25, 0.3) is 0 Å². The van der Waals surface area contributed by atoms with Crippen molar-refractivity contribution < 1.29 is 9.53 Å². The Kier molecular flexibility index (Phi) is 8.92. The van der Waals surface area contributed by atoms with Crippen LogP contribution in [0.4, 0.5) is 0 Å². The highest BCUT2D eigenvalue weighted by molar-refractivity contribution is 7.10. The van der Waals surface area contributed by atoms with E-state index in [0.29, 0.717) is 6.61 Å². The standard InChI is InChI=1S/C27H30O2S/c1-2-29-27(28)20-19-25-24(17-9-15-22-11-5-3-6-12-22)21-30-26(25)18-10-16-23-13-7-4-8-14-23/h3-8,11-14,19-21H,2,9-10,15-18H2,1H3/b20-19+. The van der Waals surface area contributed by atoms with Gasteiger partial charge in [-0.25, -0.2) is 4.79 Å². The Balaban J connectivity index is 1.65. The molecule has 2 aromatic carbocycles. The van der Waals surface area contributed by atoms with Crippen molar-refractivity contribution in [3.8, 4) is 0 Å². The zero-order chi connectivity index (χ0) is 21.0. The van der Waals surface area contributed by atoms with Crippen LogP contribution in [0, 0.1) is 0 Å². The summed E-state index contributed by atoms with van der Waals surface area (Å²) < 4.78 is 5.08. The highest BCUT2D eigenvalue weighted by atomic mass is 32.1. The van der Waals surface area contributed by atoms with Crippen molar-refractivity contribution in [2.75, 3.05) is 6.61 Å². The maximum Gasteiger partial charge on any atom is 0.330 e. The van der Waals surface area contributed by atoms with Gasteiger partial charge in [0.1, 0.15) is 0 Å². The van der Waals surface area contributed by atoms with Gasteiger partial charge in [-0.05, 0) is 79.2 Å². The number of esters is 1. The molecule has 0 bridgehead atoms. The van der Waals surface area contributed by atoms with Gasteiger partial charge in [0.05, 0.1) is 6.61 Å². The largest absolute Gasteiger partial charge is 0.463 e. The van der Waals surface area contributed by atoms with Crippen LogP contribution in [0.2, 0.25) is 0 Å². The Morgan fingerprint density at radius 3 is 2.07 bits per heavy atom. The summed E-state index contributed by atoms with van der Waals surface area (Å²) in [6, 6.07) is 21.2. The molecule has 0 saturated carbocycles. The Labute approximate surface area is 184 Å². The van der Waals surface area contributed by atoms with E-state index in [1.54, 1.807) is 6.08 Å². The van der Waals surface area contributed by atoms with E-state index < -0.39 is 0 Å². The van der Waals surface area contributed by atoms with E-state index in [9.17, 15) is 4.79 Å². The molecule has 0 fully saturated rings. The maximum atomic E-state index is 11.9. The molecule has 3 heteroatoms. The molecule has 0 aliphatic heterocycles. The van der Waals surface area contributed by atoms with Crippen molar-refractivity contribution in [1.82, 2.24) is 0 Å². The lowest BCUT2D eigenvalue weighted by Gasteiger charge is -2.06. The highest BCUT2D eigenvalue weighted by Crippen LogP contribution is 2.28. The average Bonchev–Trinajstić information content (AvgIpc) is 3.15. The highest BCUT2D eigenvalue weighted by Gasteiger charge is 2.10. The van der Waals surface area contributed by atoms with E-state index in [1.807, 2.05) is 24.3 Å². The number of carbonyl (C=O) groups excluding carboxylic acids is 1. The van der Waals surface area contributed by atoms with Gasteiger partial charge in [-0.3, -0.25) is 0 Å². The van der Waals surface area contributed by atoms with Crippen molar-refractivity contribution in [2.45, 2.75) is 45.4 Å². The molecule has 2 nitrogen and oxygen atoms in total. The number of rotatable bonds is 11. The van der Waals surface area contributed by atoms with Crippen molar-refractivity contribution in [2.24, 2.45) is 0 Å². The van der Waals surface area contributed by atoms with Crippen LogP contribution in [0.1, 0.15) is 46.9 Å². The summed E-state index contributed by atoms with van der Waals surface area (Å²) in [4.78, 5) is 13.2. The first kappa shape index (κ1) is 22.0. The quantitative estimate of drug-likeness (QED) is 0.257. The predicted octanol–water partition coefficient (Wildman–Crippen LogP) is 6.68. The van der Waals surface area contributed by atoms with E-state index >= 15 is 0 Å². The van der Waals surface area contributed by atoms with E-state index in [0.717, 1.165) is 38.5 Å². The molecule has 1 aromatic heterocycles. The molecule has 156 valence electrons. The van der Waals surface area contributed by atoms with Gasteiger partial charge in [-0.1, -0.05) is 60.7 Å². The zero-order valence-electron chi connectivity index (χ0n) is 17.7. The second kappa shape index (κ2) is 12.1. The summed E-state index contributed by atoms with van der Waals surface area (Å²) in [5.74, 6) is -0.269. The molecule has 3 rings (SSSR count). The molecule has 30 heavy (non-hydrogen) atoms. The van der Waals surface area contributed by atoms with Crippen LogP contribution in [0.3, 0.4) is 0 Å². The Bertz CT molecular complexity index is 863. The molecular formula is C27H30O2S. The molecule has 0 saturated heterocycles. The average molecular weight is 419 g/mol. The van der Waals surface area contributed by atoms with E-state index in [2.05, 4.69) is 66.0 Å². The predicted molar refractivity (Wildman–Crippen MR) is 127 cm³/mol. The van der Waals surface area contributed by atoms with Gasteiger partial charge in [0, 0.05) is 11.0 Å². The van der Waals surface area contributed by atoms with Crippen molar-refractivity contribution in [1.29, 1.82) is 0 Å². The number of hydrogen-bond acceptors (Lipinski definition) is 3. The molecule has 0 aliphatic rings. The lowest BCUT2D eigenvalue weighted by Crippen LogP contribution is -1.99. The Morgan fingerprint density at radius 2 is 1.47 bits per heavy atom.